The highest BCUT2D eigenvalue weighted by Crippen LogP contribution is 2.34. The molecule has 0 aromatic carbocycles. The van der Waals surface area contributed by atoms with Gasteiger partial charge in [-0.1, -0.05) is 0 Å². The molecule has 2 aromatic rings. The Morgan fingerprint density at radius 2 is 2.17 bits per heavy atom. The van der Waals surface area contributed by atoms with Crippen LogP contribution in [0, 0.1) is 0 Å². The molecule has 0 bridgehead atoms. The third-order valence-electron chi connectivity index (χ3n) is 3.38. The summed E-state index contributed by atoms with van der Waals surface area (Å²) < 4.78 is 10.4. The highest BCUT2D eigenvalue weighted by Gasteiger charge is 2.23. The molecule has 3 rings (SSSR count). The Hall–Kier alpha value is -1.82. The van der Waals surface area contributed by atoms with Crippen molar-refractivity contribution >= 4 is 11.0 Å². The second-order valence-electron chi connectivity index (χ2n) is 4.38. The number of nitrogens with zero attached hydrogens (tertiary/aromatic N) is 2. The van der Waals surface area contributed by atoms with Crippen LogP contribution < -0.4 is 14.8 Å². The van der Waals surface area contributed by atoms with E-state index in [1.54, 1.807) is 14.2 Å². The van der Waals surface area contributed by atoms with Gasteiger partial charge in [-0.2, -0.15) is 9.97 Å². The number of hydrogen-bond acceptors (Lipinski definition) is 5. The summed E-state index contributed by atoms with van der Waals surface area (Å²) in [4.78, 5) is 11.7. The van der Waals surface area contributed by atoms with Crippen molar-refractivity contribution in [1.29, 1.82) is 0 Å². The second-order valence-corrected chi connectivity index (χ2v) is 4.38. The van der Waals surface area contributed by atoms with Crippen molar-refractivity contribution in [3.63, 3.8) is 0 Å². The number of H-pyrrole nitrogens is 1. The lowest BCUT2D eigenvalue weighted by Gasteiger charge is -2.09. The molecule has 0 radical (unpaired) electrons. The maximum atomic E-state index is 5.36. The topological polar surface area (TPSA) is 72.1 Å². The van der Waals surface area contributed by atoms with Crippen molar-refractivity contribution in [3.05, 3.63) is 11.8 Å². The van der Waals surface area contributed by atoms with E-state index < -0.39 is 0 Å². The van der Waals surface area contributed by atoms with Crippen LogP contribution in [0.4, 0.5) is 0 Å². The van der Waals surface area contributed by atoms with Gasteiger partial charge in [0.15, 0.2) is 0 Å². The normalized spacial score (nSPS) is 19.3. The van der Waals surface area contributed by atoms with E-state index in [0.717, 1.165) is 30.5 Å². The van der Waals surface area contributed by atoms with Crippen LogP contribution in [0.2, 0.25) is 0 Å². The van der Waals surface area contributed by atoms with Crippen LogP contribution in [0.25, 0.3) is 11.0 Å². The molecular weight excluding hydrogens is 232 g/mol. The first kappa shape index (κ1) is 11.3. The van der Waals surface area contributed by atoms with Crippen LogP contribution in [-0.4, -0.2) is 42.3 Å². The van der Waals surface area contributed by atoms with Gasteiger partial charge in [-0.15, -0.1) is 0 Å². The number of hydrogen-bond donors (Lipinski definition) is 2. The molecule has 6 heteroatoms. The minimum atomic E-state index is 0.317. The summed E-state index contributed by atoms with van der Waals surface area (Å²) in [6, 6.07) is 0.317. The zero-order chi connectivity index (χ0) is 12.5. The molecule has 1 saturated heterocycles. The van der Waals surface area contributed by atoms with Crippen LogP contribution in [0.1, 0.15) is 17.9 Å². The molecular formula is C12H16N4O2. The van der Waals surface area contributed by atoms with Gasteiger partial charge in [0.1, 0.15) is 5.65 Å². The van der Waals surface area contributed by atoms with Gasteiger partial charge in [-0.25, -0.2) is 0 Å². The van der Waals surface area contributed by atoms with Gasteiger partial charge in [0.25, 0.3) is 0 Å². The summed E-state index contributed by atoms with van der Waals surface area (Å²) in [6.45, 7) is 2.04. The molecule has 6 nitrogen and oxygen atoms in total. The predicted molar refractivity (Wildman–Crippen MR) is 67.2 cm³/mol. The largest absolute Gasteiger partial charge is 0.480 e. The van der Waals surface area contributed by atoms with E-state index in [4.69, 9.17) is 9.47 Å². The molecule has 1 aliphatic heterocycles. The lowest BCUT2D eigenvalue weighted by atomic mass is 9.99. The van der Waals surface area contributed by atoms with Crippen molar-refractivity contribution < 1.29 is 9.47 Å². The average molecular weight is 248 g/mol. The number of aromatic amines is 1. The Bertz CT molecular complexity index is 560. The zero-order valence-electron chi connectivity index (χ0n) is 10.5. The molecule has 1 aliphatic rings. The molecule has 96 valence electrons. The first-order valence-electron chi connectivity index (χ1n) is 6.01. The smallest absolute Gasteiger partial charge is 0.321 e. The summed E-state index contributed by atoms with van der Waals surface area (Å²) in [6.07, 6.45) is 3.13. The van der Waals surface area contributed by atoms with Crippen LogP contribution in [0.15, 0.2) is 6.20 Å². The average Bonchev–Trinajstić information content (AvgIpc) is 3.05. The summed E-state index contributed by atoms with van der Waals surface area (Å²) in [5.74, 6) is 1.06. The summed E-state index contributed by atoms with van der Waals surface area (Å²) in [5, 5.41) is 4.33. The Kier molecular flexibility index (Phi) is 2.79. The van der Waals surface area contributed by atoms with E-state index >= 15 is 0 Å². The minimum absolute atomic E-state index is 0.317. The fourth-order valence-electron chi connectivity index (χ4n) is 2.48. The minimum Gasteiger partial charge on any atom is -0.480 e. The first-order valence-corrected chi connectivity index (χ1v) is 6.01. The Morgan fingerprint density at radius 3 is 2.83 bits per heavy atom. The maximum Gasteiger partial charge on any atom is 0.321 e. The molecule has 18 heavy (non-hydrogen) atoms. The molecule has 1 fully saturated rings. The van der Waals surface area contributed by atoms with Gasteiger partial charge < -0.3 is 19.8 Å². The zero-order valence-corrected chi connectivity index (χ0v) is 10.5. The Morgan fingerprint density at radius 1 is 1.28 bits per heavy atom. The fraction of sp³-hybridized carbons (Fsp3) is 0.500. The highest BCUT2D eigenvalue weighted by atomic mass is 16.5. The van der Waals surface area contributed by atoms with Gasteiger partial charge in [0.2, 0.25) is 5.88 Å². The van der Waals surface area contributed by atoms with Gasteiger partial charge >= 0.3 is 6.01 Å². The lowest BCUT2D eigenvalue weighted by molar-refractivity contribution is 0.356. The van der Waals surface area contributed by atoms with Crippen molar-refractivity contribution in [2.45, 2.75) is 12.3 Å². The van der Waals surface area contributed by atoms with E-state index in [1.165, 1.54) is 5.56 Å². The van der Waals surface area contributed by atoms with Gasteiger partial charge in [-0.05, 0) is 24.4 Å². The van der Waals surface area contributed by atoms with Gasteiger partial charge in [0, 0.05) is 12.7 Å². The van der Waals surface area contributed by atoms with Crippen LogP contribution in [0.3, 0.4) is 0 Å². The molecule has 3 heterocycles. The highest BCUT2D eigenvalue weighted by molar-refractivity contribution is 5.85. The lowest BCUT2D eigenvalue weighted by Crippen LogP contribution is -2.08. The van der Waals surface area contributed by atoms with E-state index in [0.29, 0.717) is 17.8 Å². The third kappa shape index (κ3) is 1.69. The second kappa shape index (κ2) is 4.45. The van der Waals surface area contributed by atoms with E-state index in [-0.39, 0.29) is 0 Å². The van der Waals surface area contributed by atoms with Gasteiger partial charge in [0.05, 0.1) is 19.6 Å². The van der Waals surface area contributed by atoms with Crippen molar-refractivity contribution in [3.8, 4) is 11.9 Å². The monoisotopic (exact) mass is 248 g/mol. The summed E-state index contributed by atoms with van der Waals surface area (Å²) >= 11 is 0. The molecule has 1 atom stereocenters. The molecule has 0 amide bonds. The van der Waals surface area contributed by atoms with Crippen molar-refractivity contribution in [1.82, 2.24) is 20.3 Å². The van der Waals surface area contributed by atoms with E-state index in [2.05, 4.69) is 20.3 Å². The number of methoxy groups -OCH3 is 2. The third-order valence-corrected chi connectivity index (χ3v) is 3.38. The first-order chi connectivity index (χ1) is 8.83. The number of ether oxygens (including phenoxy) is 2. The number of rotatable bonds is 3. The van der Waals surface area contributed by atoms with Gasteiger partial charge in [-0.3, -0.25) is 0 Å². The SMILES string of the molecule is COc1nc(OC)c2c(C3CCNC3)c[nH]c2n1. The molecule has 0 aliphatic carbocycles. The molecule has 1 unspecified atom stereocenters. The van der Waals surface area contributed by atoms with E-state index in [9.17, 15) is 0 Å². The van der Waals surface area contributed by atoms with Crippen molar-refractivity contribution in [2.75, 3.05) is 27.3 Å². The predicted octanol–water partition coefficient (Wildman–Crippen LogP) is 1.05. The molecule has 0 spiro atoms. The van der Waals surface area contributed by atoms with Crippen LogP contribution in [0.5, 0.6) is 11.9 Å². The maximum absolute atomic E-state index is 5.36. The summed E-state index contributed by atoms with van der Waals surface area (Å²) in [7, 11) is 3.16. The number of nitrogens with one attached hydrogen (secondary N) is 2. The molecule has 2 N–H and O–H groups in total. The number of fused-ring (bicyclic) bond motifs is 1. The van der Waals surface area contributed by atoms with Crippen molar-refractivity contribution in [2.24, 2.45) is 0 Å². The van der Waals surface area contributed by atoms with Crippen LogP contribution >= 0.6 is 0 Å². The fourth-order valence-corrected chi connectivity index (χ4v) is 2.48. The van der Waals surface area contributed by atoms with E-state index in [1.807, 2.05) is 6.20 Å². The standard InChI is InChI=1S/C12H16N4O2/c1-17-11-9-8(7-3-4-13-5-7)6-14-10(9)15-12(16-11)18-2/h6-7,13H,3-5H2,1-2H3,(H,14,15,16). The quantitative estimate of drug-likeness (QED) is 0.849. The molecule has 0 saturated carbocycles. The Labute approximate surface area is 105 Å². The number of aromatic nitrogens is 3. The Balaban J connectivity index is 2.16. The van der Waals surface area contributed by atoms with Crippen LogP contribution in [-0.2, 0) is 0 Å². The molecule has 2 aromatic heterocycles. The summed E-state index contributed by atoms with van der Waals surface area (Å²) in [5.41, 5.74) is 1.98.